The van der Waals surface area contributed by atoms with Crippen LogP contribution >= 0.6 is 0 Å². The van der Waals surface area contributed by atoms with Crippen molar-refractivity contribution in [1.29, 1.82) is 0 Å². The van der Waals surface area contributed by atoms with Gasteiger partial charge < -0.3 is 9.47 Å². The average Bonchev–Trinajstić information content (AvgIpc) is 2.77. The molecule has 1 aliphatic rings. The topological polar surface area (TPSA) is 86.7 Å². The number of sulfone groups is 1. The van der Waals surface area contributed by atoms with E-state index in [4.69, 9.17) is 4.74 Å². The number of ether oxygens (including phenoxy) is 2. The molecule has 1 saturated heterocycles. The van der Waals surface area contributed by atoms with Crippen LogP contribution < -0.4 is 4.74 Å². The Kier molecular flexibility index (Phi) is 4.62. The van der Waals surface area contributed by atoms with Gasteiger partial charge in [-0.1, -0.05) is 12.1 Å². The second-order valence-corrected chi connectivity index (χ2v) is 7.16. The van der Waals surface area contributed by atoms with Gasteiger partial charge >= 0.3 is 11.9 Å². The van der Waals surface area contributed by atoms with Gasteiger partial charge in [0.15, 0.2) is 9.84 Å². The Bertz CT molecular complexity index is 649. The molecule has 1 fully saturated rings. The van der Waals surface area contributed by atoms with Gasteiger partial charge in [0.2, 0.25) is 0 Å². The Hall–Kier alpha value is -1.89. The maximum absolute atomic E-state index is 11.9. The normalized spacial score (nSPS) is 20.0. The van der Waals surface area contributed by atoms with Crippen LogP contribution in [0.3, 0.4) is 0 Å². The summed E-state index contributed by atoms with van der Waals surface area (Å²) in [4.78, 5) is 23.4. The van der Waals surface area contributed by atoms with E-state index in [9.17, 15) is 18.0 Å². The molecule has 1 aliphatic heterocycles. The number of carbonyl (C=O) groups is 2. The van der Waals surface area contributed by atoms with E-state index in [1.54, 1.807) is 12.1 Å². The van der Waals surface area contributed by atoms with Gasteiger partial charge in [-0.25, -0.2) is 13.2 Å². The lowest BCUT2D eigenvalue weighted by Crippen LogP contribution is -2.16. The number of hydrogen-bond donors (Lipinski definition) is 0. The first-order valence-corrected chi connectivity index (χ1v) is 8.32. The molecule has 1 heterocycles. The molecule has 1 unspecified atom stereocenters. The number of methoxy groups -OCH3 is 1. The predicted octanol–water partition coefficient (Wildman–Crippen LogP) is 1.20. The van der Waals surface area contributed by atoms with E-state index < -0.39 is 21.8 Å². The van der Waals surface area contributed by atoms with E-state index >= 15 is 0 Å². The highest BCUT2D eigenvalue weighted by molar-refractivity contribution is 7.91. The Morgan fingerprint density at radius 2 is 2.00 bits per heavy atom. The number of benzene rings is 1. The summed E-state index contributed by atoms with van der Waals surface area (Å²) < 4.78 is 32.5. The van der Waals surface area contributed by atoms with Crippen LogP contribution in [0.25, 0.3) is 0 Å². The Morgan fingerprint density at radius 1 is 1.29 bits per heavy atom. The third-order valence-electron chi connectivity index (χ3n) is 3.30. The first-order valence-electron chi connectivity index (χ1n) is 6.50. The highest BCUT2D eigenvalue weighted by atomic mass is 32.2. The van der Waals surface area contributed by atoms with E-state index in [1.807, 2.05) is 0 Å². The van der Waals surface area contributed by atoms with Crippen LogP contribution in [0.5, 0.6) is 5.75 Å². The lowest BCUT2D eigenvalue weighted by atomic mass is 10.1. The fraction of sp³-hybridized carbons (Fsp3) is 0.429. The summed E-state index contributed by atoms with van der Waals surface area (Å²) in [5.74, 6) is -1.11. The van der Waals surface area contributed by atoms with Crippen molar-refractivity contribution in [3.8, 4) is 5.75 Å². The van der Waals surface area contributed by atoms with Crippen LogP contribution in [0.2, 0.25) is 0 Å². The molecule has 7 heteroatoms. The van der Waals surface area contributed by atoms with Crippen molar-refractivity contribution in [1.82, 2.24) is 0 Å². The SMILES string of the molecule is COC(=O)c1ccccc1OC(=O)CC1CCS(=O)(=O)C1. The number of carbonyl (C=O) groups excluding carboxylic acids is 2. The molecule has 0 aromatic heterocycles. The molecule has 0 spiro atoms. The number of hydrogen-bond acceptors (Lipinski definition) is 6. The third kappa shape index (κ3) is 4.04. The van der Waals surface area contributed by atoms with Gasteiger partial charge in [0.05, 0.1) is 18.6 Å². The minimum atomic E-state index is -3.02. The van der Waals surface area contributed by atoms with Gasteiger partial charge in [0.25, 0.3) is 0 Å². The van der Waals surface area contributed by atoms with Crippen molar-refractivity contribution in [2.45, 2.75) is 12.8 Å². The number of para-hydroxylation sites is 1. The number of rotatable bonds is 4. The maximum atomic E-state index is 11.9. The van der Waals surface area contributed by atoms with Crippen molar-refractivity contribution < 1.29 is 27.5 Å². The molecule has 1 aromatic rings. The molecule has 1 atom stereocenters. The van der Waals surface area contributed by atoms with Gasteiger partial charge in [0, 0.05) is 6.42 Å². The minimum Gasteiger partial charge on any atom is -0.465 e. The zero-order chi connectivity index (χ0) is 15.5. The smallest absolute Gasteiger partial charge is 0.341 e. The van der Waals surface area contributed by atoms with Crippen molar-refractivity contribution in [2.24, 2.45) is 5.92 Å². The molecule has 1 aromatic carbocycles. The summed E-state index contributed by atoms with van der Waals surface area (Å²) in [6.07, 6.45) is 0.491. The molecule has 6 nitrogen and oxygen atoms in total. The molecular formula is C14H16O6S. The summed E-state index contributed by atoms with van der Waals surface area (Å²) in [5, 5.41) is 0. The molecule has 21 heavy (non-hydrogen) atoms. The highest BCUT2D eigenvalue weighted by Crippen LogP contribution is 2.24. The van der Waals surface area contributed by atoms with Gasteiger partial charge in [-0.3, -0.25) is 4.79 Å². The third-order valence-corrected chi connectivity index (χ3v) is 5.14. The van der Waals surface area contributed by atoms with Crippen molar-refractivity contribution >= 4 is 21.8 Å². The highest BCUT2D eigenvalue weighted by Gasteiger charge is 2.30. The van der Waals surface area contributed by atoms with Crippen LogP contribution in [0, 0.1) is 5.92 Å². The van der Waals surface area contributed by atoms with Gasteiger partial charge in [-0.15, -0.1) is 0 Å². The van der Waals surface area contributed by atoms with E-state index in [2.05, 4.69) is 4.74 Å². The molecule has 0 aliphatic carbocycles. The molecule has 2 rings (SSSR count). The monoisotopic (exact) mass is 312 g/mol. The zero-order valence-electron chi connectivity index (χ0n) is 11.6. The second-order valence-electron chi connectivity index (χ2n) is 4.93. The fourth-order valence-corrected chi connectivity index (χ4v) is 4.13. The Labute approximate surface area is 123 Å². The van der Waals surface area contributed by atoms with Crippen LogP contribution in [-0.2, 0) is 19.4 Å². The Morgan fingerprint density at radius 3 is 2.62 bits per heavy atom. The molecule has 0 bridgehead atoms. The molecule has 0 radical (unpaired) electrons. The van der Waals surface area contributed by atoms with Crippen molar-refractivity contribution in [3.63, 3.8) is 0 Å². The van der Waals surface area contributed by atoms with Crippen molar-refractivity contribution in [3.05, 3.63) is 29.8 Å². The van der Waals surface area contributed by atoms with Crippen LogP contribution in [-0.4, -0.2) is 39.0 Å². The molecular weight excluding hydrogens is 296 g/mol. The van der Waals surface area contributed by atoms with Crippen LogP contribution in [0.4, 0.5) is 0 Å². The Balaban J connectivity index is 2.02. The first-order chi connectivity index (χ1) is 9.91. The van der Waals surface area contributed by atoms with Gasteiger partial charge in [-0.2, -0.15) is 0 Å². The largest absolute Gasteiger partial charge is 0.465 e. The summed E-state index contributed by atoms with van der Waals surface area (Å²) in [6, 6.07) is 6.26. The van der Waals surface area contributed by atoms with E-state index in [0.29, 0.717) is 6.42 Å². The van der Waals surface area contributed by atoms with Crippen molar-refractivity contribution in [2.75, 3.05) is 18.6 Å². The summed E-state index contributed by atoms with van der Waals surface area (Å²) in [7, 11) is -1.78. The summed E-state index contributed by atoms with van der Waals surface area (Å²) in [5.41, 5.74) is 0.160. The standard InChI is InChI=1S/C14H16O6S/c1-19-14(16)11-4-2-3-5-12(11)20-13(15)8-10-6-7-21(17,18)9-10/h2-5,10H,6-9H2,1H3. The lowest BCUT2D eigenvalue weighted by Gasteiger charge is -2.10. The second kappa shape index (κ2) is 6.26. The first kappa shape index (κ1) is 15.5. The summed E-state index contributed by atoms with van der Waals surface area (Å²) >= 11 is 0. The van der Waals surface area contributed by atoms with Gasteiger partial charge in [0.1, 0.15) is 11.3 Å². The van der Waals surface area contributed by atoms with E-state index in [1.165, 1.54) is 19.2 Å². The summed E-state index contributed by atoms with van der Waals surface area (Å²) in [6.45, 7) is 0. The minimum absolute atomic E-state index is 0.0146. The molecule has 114 valence electrons. The maximum Gasteiger partial charge on any atom is 0.341 e. The molecule has 0 N–H and O–H groups in total. The van der Waals surface area contributed by atoms with Gasteiger partial charge in [-0.05, 0) is 24.5 Å². The molecule has 0 saturated carbocycles. The predicted molar refractivity (Wildman–Crippen MR) is 74.8 cm³/mol. The van der Waals surface area contributed by atoms with E-state index in [-0.39, 0.29) is 35.2 Å². The fourth-order valence-electron chi connectivity index (χ4n) is 2.27. The van der Waals surface area contributed by atoms with Crippen LogP contribution in [0.15, 0.2) is 24.3 Å². The lowest BCUT2D eigenvalue weighted by molar-refractivity contribution is -0.135. The quantitative estimate of drug-likeness (QED) is 0.613. The van der Waals surface area contributed by atoms with E-state index in [0.717, 1.165) is 0 Å². The van der Waals surface area contributed by atoms with Crippen LogP contribution in [0.1, 0.15) is 23.2 Å². The average molecular weight is 312 g/mol. The molecule has 0 amide bonds. The number of esters is 2. The zero-order valence-corrected chi connectivity index (χ0v) is 12.4.